The number of rotatable bonds is 5. The fraction of sp³-hybridized carbons (Fsp3) is 0.571. The second-order valence-corrected chi connectivity index (χ2v) is 7.13. The van der Waals surface area contributed by atoms with E-state index < -0.39 is 5.60 Å². The third kappa shape index (κ3) is 3.98. The van der Waals surface area contributed by atoms with Crippen LogP contribution in [0.25, 0.3) is 0 Å². The summed E-state index contributed by atoms with van der Waals surface area (Å²) < 4.78 is 1.12. The summed E-state index contributed by atoms with van der Waals surface area (Å²) in [4.78, 5) is 0. The number of thioether (sulfide) groups is 1. The van der Waals surface area contributed by atoms with Crippen molar-refractivity contribution in [2.75, 3.05) is 24.6 Å². The minimum absolute atomic E-state index is 0.458. The van der Waals surface area contributed by atoms with Gasteiger partial charge in [0.15, 0.2) is 0 Å². The van der Waals surface area contributed by atoms with Crippen molar-refractivity contribution in [2.24, 2.45) is 0 Å². The van der Waals surface area contributed by atoms with E-state index in [1.54, 1.807) is 0 Å². The van der Waals surface area contributed by atoms with Gasteiger partial charge in [-0.1, -0.05) is 35.0 Å². The molecule has 2 atom stereocenters. The van der Waals surface area contributed by atoms with E-state index in [-0.39, 0.29) is 0 Å². The molecular weight excluding hydrogens is 310 g/mol. The van der Waals surface area contributed by atoms with Crippen LogP contribution in [0.3, 0.4) is 0 Å². The summed E-state index contributed by atoms with van der Waals surface area (Å²) in [6, 6.07) is 8.42. The highest BCUT2D eigenvalue weighted by atomic mass is 79.9. The predicted octanol–water partition coefficient (Wildman–Crippen LogP) is 3.01. The van der Waals surface area contributed by atoms with Gasteiger partial charge in [0.05, 0.1) is 5.60 Å². The zero-order chi connectivity index (χ0) is 13.0. The van der Waals surface area contributed by atoms with Crippen molar-refractivity contribution in [3.05, 3.63) is 34.3 Å². The number of hydrogen-bond acceptors (Lipinski definition) is 3. The van der Waals surface area contributed by atoms with E-state index in [1.807, 2.05) is 17.8 Å². The Morgan fingerprint density at radius 2 is 2.39 bits per heavy atom. The van der Waals surface area contributed by atoms with Crippen LogP contribution in [0.4, 0.5) is 0 Å². The molecule has 18 heavy (non-hydrogen) atoms. The molecule has 0 amide bonds. The first-order valence-corrected chi connectivity index (χ1v) is 8.30. The summed E-state index contributed by atoms with van der Waals surface area (Å²) in [6.07, 6.45) is 0.913. The molecule has 100 valence electrons. The molecule has 4 heteroatoms. The van der Waals surface area contributed by atoms with E-state index in [4.69, 9.17) is 0 Å². The first-order valence-electron chi connectivity index (χ1n) is 6.35. The molecular formula is C14H20BrNOS. The summed E-state index contributed by atoms with van der Waals surface area (Å²) in [6.45, 7) is 3.82. The molecule has 0 radical (unpaired) electrons. The quantitative estimate of drug-likeness (QED) is 0.870. The fourth-order valence-electron chi connectivity index (χ4n) is 2.19. The van der Waals surface area contributed by atoms with Gasteiger partial charge >= 0.3 is 0 Å². The fourth-order valence-corrected chi connectivity index (χ4v) is 3.90. The molecule has 2 unspecified atom stereocenters. The van der Waals surface area contributed by atoms with Gasteiger partial charge in [0.1, 0.15) is 0 Å². The van der Waals surface area contributed by atoms with Gasteiger partial charge in [0.2, 0.25) is 0 Å². The number of aliphatic hydroxyl groups is 1. The first-order chi connectivity index (χ1) is 8.59. The molecule has 1 aromatic rings. The van der Waals surface area contributed by atoms with Crippen molar-refractivity contribution in [2.45, 2.75) is 24.9 Å². The van der Waals surface area contributed by atoms with Crippen LogP contribution in [0.1, 0.15) is 24.8 Å². The average Bonchev–Trinajstić information content (AvgIpc) is 2.76. The van der Waals surface area contributed by atoms with Gasteiger partial charge < -0.3 is 10.4 Å². The highest BCUT2D eigenvalue weighted by Gasteiger charge is 2.31. The van der Waals surface area contributed by atoms with Crippen LogP contribution in [0.5, 0.6) is 0 Å². The molecule has 1 saturated heterocycles. The number of hydrogen-bond donors (Lipinski definition) is 2. The maximum Gasteiger partial charge on any atom is 0.0869 e. The Hall–Kier alpha value is -0.0300. The van der Waals surface area contributed by atoms with Gasteiger partial charge in [0, 0.05) is 23.3 Å². The van der Waals surface area contributed by atoms with Gasteiger partial charge in [-0.15, -0.1) is 0 Å². The number of benzene rings is 1. The SMILES string of the molecule is CC(CNCC1(O)CCSC1)c1cccc(Br)c1. The lowest BCUT2D eigenvalue weighted by Gasteiger charge is -2.23. The van der Waals surface area contributed by atoms with Gasteiger partial charge in [-0.05, 0) is 35.8 Å². The van der Waals surface area contributed by atoms with Gasteiger partial charge in [-0.2, -0.15) is 11.8 Å². The maximum absolute atomic E-state index is 10.2. The van der Waals surface area contributed by atoms with E-state index in [0.29, 0.717) is 12.5 Å². The minimum Gasteiger partial charge on any atom is -0.388 e. The number of nitrogens with one attached hydrogen (secondary N) is 1. The average molecular weight is 330 g/mol. The van der Waals surface area contributed by atoms with Gasteiger partial charge in [-0.3, -0.25) is 0 Å². The molecule has 2 rings (SSSR count). The first kappa shape index (κ1) is 14.4. The molecule has 1 aromatic carbocycles. The van der Waals surface area contributed by atoms with Crippen LogP contribution >= 0.6 is 27.7 Å². The molecule has 0 aliphatic carbocycles. The normalized spacial score (nSPS) is 25.3. The Labute approximate surface area is 122 Å². The molecule has 0 bridgehead atoms. The third-order valence-corrected chi connectivity index (χ3v) is 5.13. The molecule has 1 fully saturated rings. The largest absolute Gasteiger partial charge is 0.388 e. The van der Waals surface area contributed by atoms with Gasteiger partial charge in [0.25, 0.3) is 0 Å². The Morgan fingerprint density at radius 1 is 1.56 bits per heavy atom. The zero-order valence-electron chi connectivity index (χ0n) is 10.7. The van der Waals surface area contributed by atoms with Crippen molar-refractivity contribution in [1.82, 2.24) is 5.32 Å². The second-order valence-electron chi connectivity index (χ2n) is 5.11. The summed E-state index contributed by atoms with van der Waals surface area (Å²) >= 11 is 5.34. The molecule has 1 aliphatic heterocycles. The Balaban J connectivity index is 1.79. The third-order valence-electron chi connectivity index (χ3n) is 3.40. The molecule has 2 N–H and O–H groups in total. The lowest BCUT2D eigenvalue weighted by atomic mass is 10.00. The molecule has 0 spiro atoms. The van der Waals surface area contributed by atoms with Gasteiger partial charge in [-0.25, -0.2) is 0 Å². The lowest BCUT2D eigenvalue weighted by Crippen LogP contribution is -2.41. The Kier molecular flexibility index (Phi) is 5.13. The zero-order valence-corrected chi connectivity index (χ0v) is 13.1. The summed E-state index contributed by atoms with van der Waals surface area (Å²) in [5.74, 6) is 2.41. The van der Waals surface area contributed by atoms with E-state index in [2.05, 4.69) is 46.4 Å². The Bertz CT molecular complexity index is 393. The highest BCUT2D eigenvalue weighted by Crippen LogP contribution is 2.27. The maximum atomic E-state index is 10.2. The topological polar surface area (TPSA) is 32.3 Å². The van der Waals surface area contributed by atoms with Crippen molar-refractivity contribution in [1.29, 1.82) is 0 Å². The van der Waals surface area contributed by atoms with Crippen LogP contribution in [0, 0.1) is 0 Å². The van der Waals surface area contributed by atoms with E-state index in [9.17, 15) is 5.11 Å². The molecule has 1 heterocycles. The van der Waals surface area contributed by atoms with Crippen LogP contribution < -0.4 is 5.32 Å². The van der Waals surface area contributed by atoms with Crippen LogP contribution in [-0.4, -0.2) is 35.3 Å². The lowest BCUT2D eigenvalue weighted by molar-refractivity contribution is 0.0676. The van der Waals surface area contributed by atoms with Crippen molar-refractivity contribution in [3.63, 3.8) is 0 Å². The molecule has 1 aliphatic rings. The summed E-state index contributed by atoms with van der Waals surface area (Å²) in [5.41, 5.74) is 0.839. The van der Waals surface area contributed by atoms with Crippen molar-refractivity contribution in [3.8, 4) is 0 Å². The minimum atomic E-state index is -0.484. The number of halogens is 1. The molecule has 0 aromatic heterocycles. The van der Waals surface area contributed by atoms with E-state index in [0.717, 1.165) is 28.9 Å². The predicted molar refractivity (Wildman–Crippen MR) is 82.3 cm³/mol. The molecule has 2 nitrogen and oxygen atoms in total. The highest BCUT2D eigenvalue weighted by molar-refractivity contribution is 9.10. The van der Waals surface area contributed by atoms with Crippen LogP contribution in [0.2, 0.25) is 0 Å². The molecule has 0 saturated carbocycles. The van der Waals surface area contributed by atoms with Crippen LogP contribution in [0.15, 0.2) is 28.7 Å². The standard InChI is InChI=1S/C14H20BrNOS/c1-11(12-3-2-4-13(15)7-12)8-16-9-14(17)5-6-18-10-14/h2-4,7,11,16-17H,5-6,8-10H2,1H3. The smallest absolute Gasteiger partial charge is 0.0869 e. The monoisotopic (exact) mass is 329 g/mol. The van der Waals surface area contributed by atoms with Crippen LogP contribution in [-0.2, 0) is 0 Å². The van der Waals surface area contributed by atoms with E-state index >= 15 is 0 Å². The summed E-state index contributed by atoms with van der Waals surface area (Å²) in [5, 5.41) is 13.6. The Morgan fingerprint density at radius 3 is 3.06 bits per heavy atom. The summed E-state index contributed by atoms with van der Waals surface area (Å²) in [7, 11) is 0. The second kappa shape index (κ2) is 6.42. The van der Waals surface area contributed by atoms with E-state index in [1.165, 1.54) is 5.56 Å². The van der Waals surface area contributed by atoms with Crippen molar-refractivity contribution < 1.29 is 5.11 Å². The van der Waals surface area contributed by atoms with Crippen molar-refractivity contribution >= 4 is 27.7 Å².